The van der Waals surface area contributed by atoms with Gasteiger partial charge in [0.05, 0.1) is 17.0 Å². The van der Waals surface area contributed by atoms with Crippen molar-refractivity contribution in [3.05, 3.63) is 52.5 Å². The first kappa shape index (κ1) is 23.0. The number of carbonyl (C=O) groups is 2. The third kappa shape index (κ3) is 5.62. The van der Waals surface area contributed by atoms with Gasteiger partial charge in [-0.05, 0) is 49.4 Å². The Kier molecular flexibility index (Phi) is 7.15. The van der Waals surface area contributed by atoms with Crippen molar-refractivity contribution in [3.63, 3.8) is 0 Å². The number of sulfonamides is 1. The number of hydrogen-bond donors (Lipinski definition) is 0. The first-order valence-corrected chi connectivity index (χ1v) is 11.0. The molecule has 0 aliphatic rings. The maximum atomic E-state index is 12.9. The molecule has 0 saturated heterocycles. The zero-order valence-electron chi connectivity index (χ0n) is 16.2. The van der Waals surface area contributed by atoms with Gasteiger partial charge < -0.3 is 9.64 Å². The van der Waals surface area contributed by atoms with Crippen LogP contribution in [0.25, 0.3) is 0 Å². The standard InChI is InChI=1S/C19H20Cl2N2O5S/c1-12(28-18-10-5-14(20)11-17(18)21)19(25)23(29(4,26)27)16-8-6-15(7-9-16)22(3)13(2)24/h5-12H,1-4H3/t12-/m1/s1. The SMILES string of the molecule is CC(=O)N(C)c1ccc(N(C(=O)[C@@H](C)Oc2ccc(Cl)cc2Cl)S(C)(=O)=O)cc1. The van der Waals surface area contributed by atoms with Crippen LogP contribution in [0, 0.1) is 0 Å². The molecule has 0 heterocycles. The normalized spacial score (nSPS) is 12.2. The minimum Gasteiger partial charge on any atom is -0.479 e. The van der Waals surface area contributed by atoms with Crippen LogP contribution in [0.15, 0.2) is 42.5 Å². The highest BCUT2D eigenvalue weighted by Crippen LogP contribution is 2.29. The lowest BCUT2D eigenvalue weighted by molar-refractivity contribution is -0.123. The van der Waals surface area contributed by atoms with E-state index in [1.807, 2.05) is 0 Å². The molecule has 7 nitrogen and oxygen atoms in total. The first-order chi connectivity index (χ1) is 13.4. The Morgan fingerprint density at radius 1 is 1.03 bits per heavy atom. The molecule has 10 heteroatoms. The second-order valence-electron chi connectivity index (χ2n) is 6.29. The third-order valence-electron chi connectivity index (χ3n) is 4.02. The molecule has 0 saturated carbocycles. The maximum absolute atomic E-state index is 12.9. The summed E-state index contributed by atoms with van der Waals surface area (Å²) in [6.07, 6.45) is -0.231. The van der Waals surface area contributed by atoms with Gasteiger partial charge >= 0.3 is 0 Å². The fraction of sp³-hybridized carbons (Fsp3) is 0.263. The monoisotopic (exact) mass is 458 g/mol. The predicted octanol–water partition coefficient (Wildman–Crippen LogP) is 3.74. The second-order valence-corrected chi connectivity index (χ2v) is 8.97. The zero-order chi connectivity index (χ0) is 21.9. The van der Waals surface area contributed by atoms with Crippen molar-refractivity contribution in [2.24, 2.45) is 0 Å². The molecule has 29 heavy (non-hydrogen) atoms. The Labute approximate surface area is 179 Å². The van der Waals surface area contributed by atoms with Gasteiger partial charge in [-0.15, -0.1) is 0 Å². The molecule has 0 radical (unpaired) electrons. The van der Waals surface area contributed by atoms with Gasteiger partial charge in [0.2, 0.25) is 15.9 Å². The number of amides is 2. The van der Waals surface area contributed by atoms with Crippen LogP contribution in [0.2, 0.25) is 10.0 Å². The van der Waals surface area contributed by atoms with Crippen molar-refractivity contribution in [1.29, 1.82) is 0 Å². The smallest absolute Gasteiger partial charge is 0.281 e. The van der Waals surface area contributed by atoms with E-state index in [2.05, 4.69) is 0 Å². The van der Waals surface area contributed by atoms with Crippen LogP contribution in [0.4, 0.5) is 11.4 Å². The summed E-state index contributed by atoms with van der Waals surface area (Å²) in [6, 6.07) is 10.5. The maximum Gasteiger partial charge on any atom is 0.281 e. The van der Waals surface area contributed by atoms with Crippen LogP contribution >= 0.6 is 23.2 Å². The van der Waals surface area contributed by atoms with E-state index < -0.39 is 22.0 Å². The van der Waals surface area contributed by atoms with Crippen LogP contribution in [0.1, 0.15) is 13.8 Å². The average molecular weight is 459 g/mol. The van der Waals surface area contributed by atoms with Crippen molar-refractivity contribution in [2.45, 2.75) is 20.0 Å². The van der Waals surface area contributed by atoms with Gasteiger partial charge in [0.1, 0.15) is 5.75 Å². The number of hydrogen-bond acceptors (Lipinski definition) is 5. The van der Waals surface area contributed by atoms with Gasteiger partial charge in [-0.2, -0.15) is 0 Å². The average Bonchev–Trinajstić information content (AvgIpc) is 2.62. The van der Waals surface area contributed by atoms with E-state index in [1.165, 1.54) is 43.0 Å². The number of nitrogens with zero attached hydrogens (tertiary/aromatic N) is 2. The fourth-order valence-corrected chi connectivity index (χ4v) is 3.89. The van der Waals surface area contributed by atoms with E-state index in [4.69, 9.17) is 27.9 Å². The van der Waals surface area contributed by atoms with Crippen LogP contribution in [0.3, 0.4) is 0 Å². The van der Waals surface area contributed by atoms with Crippen LogP contribution in [0.5, 0.6) is 5.75 Å². The molecule has 0 aliphatic carbocycles. The Morgan fingerprint density at radius 3 is 2.07 bits per heavy atom. The molecular formula is C19H20Cl2N2O5S. The highest BCUT2D eigenvalue weighted by molar-refractivity contribution is 7.92. The lowest BCUT2D eigenvalue weighted by Crippen LogP contribution is -2.44. The molecule has 2 amide bonds. The summed E-state index contributed by atoms with van der Waals surface area (Å²) in [6.45, 7) is 2.82. The van der Waals surface area contributed by atoms with Gasteiger partial charge in [-0.3, -0.25) is 9.59 Å². The lowest BCUT2D eigenvalue weighted by atomic mass is 10.2. The van der Waals surface area contributed by atoms with Gasteiger partial charge in [-0.1, -0.05) is 23.2 Å². The summed E-state index contributed by atoms with van der Waals surface area (Å²) >= 11 is 11.9. The molecule has 0 spiro atoms. The molecule has 2 aromatic rings. The summed E-state index contributed by atoms with van der Waals surface area (Å²) in [5, 5.41) is 0.592. The highest BCUT2D eigenvalue weighted by atomic mass is 35.5. The minimum absolute atomic E-state index is 0.121. The quantitative estimate of drug-likeness (QED) is 0.657. The number of anilines is 2. The molecule has 0 unspecified atom stereocenters. The molecule has 0 N–H and O–H groups in total. The number of ether oxygens (including phenoxy) is 1. The lowest BCUT2D eigenvalue weighted by Gasteiger charge is -2.25. The first-order valence-electron chi connectivity index (χ1n) is 8.42. The van der Waals surface area contributed by atoms with Crippen molar-refractivity contribution < 1.29 is 22.7 Å². The number of halogens is 2. The number of benzene rings is 2. The summed E-state index contributed by atoms with van der Waals surface area (Å²) in [4.78, 5) is 25.8. The zero-order valence-corrected chi connectivity index (χ0v) is 18.5. The van der Waals surface area contributed by atoms with Crippen LogP contribution < -0.4 is 13.9 Å². The van der Waals surface area contributed by atoms with Crippen LogP contribution in [-0.2, 0) is 19.6 Å². The topological polar surface area (TPSA) is 84.0 Å². The van der Waals surface area contributed by atoms with Crippen molar-refractivity contribution in [1.82, 2.24) is 0 Å². The summed E-state index contributed by atoms with van der Waals surface area (Å²) in [5.74, 6) is -0.786. The highest BCUT2D eigenvalue weighted by Gasteiger charge is 2.31. The van der Waals surface area contributed by atoms with Crippen molar-refractivity contribution >= 4 is 56.4 Å². The molecule has 0 aliphatic heterocycles. The Morgan fingerprint density at radius 2 is 1.59 bits per heavy atom. The van der Waals surface area contributed by atoms with E-state index >= 15 is 0 Å². The summed E-state index contributed by atoms with van der Waals surface area (Å²) < 4.78 is 30.8. The molecule has 1 atom stereocenters. The van der Waals surface area contributed by atoms with Crippen molar-refractivity contribution in [3.8, 4) is 5.75 Å². The molecule has 156 valence electrons. The largest absolute Gasteiger partial charge is 0.479 e. The number of carbonyl (C=O) groups excluding carboxylic acids is 2. The fourth-order valence-electron chi connectivity index (χ4n) is 2.45. The van der Waals surface area contributed by atoms with Gasteiger partial charge in [0, 0.05) is 24.7 Å². The van der Waals surface area contributed by atoms with E-state index in [1.54, 1.807) is 25.2 Å². The second kappa shape index (κ2) is 9.02. The van der Waals surface area contributed by atoms with E-state index in [-0.39, 0.29) is 22.4 Å². The Hall–Kier alpha value is -2.29. The summed E-state index contributed by atoms with van der Waals surface area (Å²) in [7, 11) is -2.37. The molecule has 0 aromatic heterocycles. The van der Waals surface area contributed by atoms with Crippen molar-refractivity contribution in [2.75, 3.05) is 22.5 Å². The third-order valence-corrected chi connectivity index (χ3v) is 5.61. The molecule has 0 fully saturated rings. The van der Waals surface area contributed by atoms with E-state index in [0.29, 0.717) is 15.0 Å². The van der Waals surface area contributed by atoms with E-state index in [9.17, 15) is 18.0 Å². The molecule has 0 bridgehead atoms. The van der Waals surface area contributed by atoms with Crippen LogP contribution in [-0.4, -0.2) is 39.6 Å². The van der Waals surface area contributed by atoms with Gasteiger partial charge in [-0.25, -0.2) is 12.7 Å². The summed E-state index contributed by atoms with van der Waals surface area (Å²) in [5.41, 5.74) is 0.676. The predicted molar refractivity (Wildman–Crippen MR) is 114 cm³/mol. The Bertz CT molecular complexity index is 1030. The molecule has 2 rings (SSSR count). The van der Waals surface area contributed by atoms with E-state index in [0.717, 1.165) is 6.26 Å². The van der Waals surface area contributed by atoms with Gasteiger partial charge in [0.25, 0.3) is 5.91 Å². The molecule has 2 aromatic carbocycles. The minimum atomic E-state index is -3.95. The molecular weight excluding hydrogens is 439 g/mol. The number of rotatable bonds is 6. The van der Waals surface area contributed by atoms with Gasteiger partial charge in [0.15, 0.2) is 6.10 Å². The Balaban J connectivity index is 2.32.